The number of hydrogen-bond donors (Lipinski definition) is 0. The highest BCUT2D eigenvalue weighted by Crippen LogP contribution is 2.23. The summed E-state index contributed by atoms with van der Waals surface area (Å²) in [7, 11) is 0. The van der Waals surface area contributed by atoms with Crippen molar-refractivity contribution in [1.82, 2.24) is 4.90 Å². The third kappa shape index (κ3) is 2.70. The molecule has 1 aliphatic rings. The Balaban J connectivity index is 2.20. The Bertz CT molecular complexity index is 404. The summed E-state index contributed by atoms with van der Waals surface area (Å²) in [6.07, 6.45) is 0.856. The first-order chi connectivity index (χ1) is 7.56. The van der Waals surface area contributed by atoms with Crippen molar-refractivity contribution in [3.05, 3.63) is 33.3 Å². The fourth-order valence-corrected chi connectivity index (χ4v) is 2.89. The van der Waals surface area contributed by atoms with Crippen LogP contribution < -0.4 is 0 Å². The van der Waals surface area contributed by atoms with E-state index in [4.69, 9.17) is 23.2 Å². The minimum atomic E-state index is -0.00801. The standard InChI is InChI=1S/C11H10BrCl2NO/c12-8-3-7(4-10(14)5-8)11(16)15-2-1-9(13)6-15/h3-5,9H,1-2,6H2. The molecular formula is C11H10BrCl2NO. The van der Waals surface area contributed by atoms with E-state index >= 15 is 0 Å². The molecule has 0 aliphatic carbocycles. The molecule has 1 aromatic rings. The van der Waals surface area contributed by atoms with Crippen LogP contribution in [0.15, 0.2) is 22.7 Å². The van der Waals surface area contributed by atoms with Crippen molar-refractivity contribution in [2.75, 3.05) is 13.1 Å². The van der Waals surface area contributed by atoms with Crippen LogP contribution in [0.3, 0.4) is 0 Å². The average molecular weight is 323 g/mol. The molecule has 1 amide bonds. The molecule has 16 heavy (non-hydrogen) atoms. The van der Waals surface area contributed by atoms with Crippen LogP contribution in [0.25, 0.3) is 0 Å². The summed E-state index contributed by atoms with van der Waals surface area (Å²) < 4.78 is 0.810. The second-order valence-corrected chi connectivity index (χ2v) is 5.76. The summed E-state index contributed by atoms with van der Waals surface area (Å²) in [4.78, 5) is 13.8. The Morgan fingerprint density at radius 3 is 2.75 bits per heavy atom. The van der Waals surface area contributed by atoms with Gasteiger partial charge in [0.15, 0.2) is 0 Å². The quantitative estimate of drug-likeness (QED) is 0.724. The van der Waals surface area contributed by atoms with E-state index in [0.29, 0.717) is 17.1 Å². The Labute approximate surface area is 113 Å². The number of rotatable bonds is 1. The van der Waals surface area contributed by atoms with E-state index in [1.165, 1.54) is 0 Å². The molecule has 1 saturated heterocycles. The minimum Gasteiger partial charge on any atom is -0.337 e. The van der Waals surface area contributed by atoms with Crippen molar-refractivity contribution in [2.45, 2.75) is 11.8 Å². The number of nitrogens with zero attached hydrogens (tertiary/aromatic N) is 1. The first-order valence-corrected chi connectivity index (χ1v) is 6.56. The second kappa shape index (κ2) is 4.94. The lowest BCUT2D eigenvalue weighted by molar-refractivity contribution is 0.0793. The van der Waals surface area contributed by atoms with Gasteiger partial charge in [-0.15, -0.1) is 11.6 Å². The van der Waals surface area contributed by atoms with Crippen LogP contribution in [0.1, 0.15) is 16.8 Å². The number of benzene rings is 1. The van der Waals surface area contributed by atoms with E-state index in [-0.39, 0.29) is 11.3 Å². The smallest absolute Gasteiger partial charge is 0.253 e. The molecule has 1 atom stereocenters. The van der Waals surface area contributed by atoms with Gasteiger partial charge < -0.3 is 4.90 Å². The summed E-state index contributed by atoms with van der Waals surface area (Å²) >= 11 is 15.2. The van der Waals surface area contributed by atoms with Gasteiger partial charge in [0.1, 0.15) is 0 Å². The Morgan fingerprint density at radius 1 is 1.44 bits per heavy atom. The second-order valence-electron chi connectivity index (χ2n) is 3.80. The Hall–Kier alpha value is -0.250. The maximum atomic E-state index is 12.1. The molecule has 2 rings (SSSR count). The molecule has 0 saturated carbocycles. The highest BCUT2D eigenvalue weighted by molar-refractivity contribution is 9.10. The van der Waals surface area contributed by atoms with E-state index < -0.39 is 0 Å². The van der Waals surface area contributed by atoms with Crippen molar-refractivity contribution in [1.29, 1.82) is 0 Å². The van der Waals surface area contributed by atoms with Crippen LogP contribution >= 0.6 is 39.1 Å². The molecule has 0 radical (unpaired) electrons. The zero-order chi connectivity index (χ0) is 11.7. The largest absolute Gasteiger partial charge is 0.337 e. The highest BCUT2D eigenvalue weighted by Gasteiger charge is 2.25. The van der Waals surface area contributed by atoms with Gasteiger partial charge >= 0.3 is 0 Å². The summed E-state index contributed by atoms with van der Waals surface area (Å²) in [5, 5.41) is 0.630. The van der Waals surface area contributed by atoms with Crippen molar-refractivity contribution < 1.29 is 4.79 Å². The molecule has 86 valence electrons. The first kappa shape index (κ1) is 12.2. The van der Waals surface area contributed by atoms with Crippen LogP contribution in [0.2, 0.25) is 5.02 Å². The molecule has 0 bridgehead atoms. The van der Waals surface area contributed by atoms with Gasteiger partial charge in [-0.3, -0.25) is 4.79 Å². The van der Waals surface area contributed by atoms with Crippen LogP contribution in [-0.2, 0) is 0 Å². The Kier molecular flexibility index (Phi) is 3.77. The summed E-state index contributed by atoms with van der Waals surface area (Å²) in [5.41, 5.74) is 0.602. The SMILES string of the molecule is O=C(c1cc(Cl)cc(Br)c1)N1CCC(Cl)C1. The zero-order valence-corrected chi connectivity index (χ0v) is 11.5. The van der Waals surface area contributed by atoms with Gasteiger partial charge in [0.05, 0.1) is 5.38 Å². The first-order valence-electron chi connectivity index (χ1n) is 4.95. The van der Waals surface area contributed by atoms with Crippen LogP contribution in [0, 0.1) is 0 Å². The maximum Gasteiger partial charge on any atom is 0.253 e. The van der Waals surface area contributed by atoms with E-state index in [1.54, 1.807) is 23.1 Å². The topological polar surface area (TPSA) is 20.3 Å². The molecule has 1 aliphatic heterocycles. The number of carbonyl (C=O) groups excluding carboxylic acids is 1. The summed E-state index contributed by atoms with van der Waals surface area (Å²) in [6.45, 7) is 1.33. The van der Waals surface area contributed by atoms with Crippen LogP contribution in [0.5, 0.6) is 0 Å². The molecule has 1 fully saturated rings. The van der Waals surface area contributed by atoms with E-state index in [0.717, 1.165) is 17.4 Å². The van der Waals surface area contributed by atoms with Crippen molar-refractivity contribution in [3.8, 4) is 0 Å². The lowest BCUT2D eigenvalue weighted by atomic mass is 10.2. The predicted octanol–water partition coefficient (Wildman–Crippen LogP) is 3.56. The molecule has 0 spiro atoms. The van der Waals surface area contributed by atoms with Gasteiger partial charge in [-0.25, -0.2) is 0 Å². The molecule has 1 aromatic carbocycles. The normalized spacial score (nSPS) is 20.2. The number of likely N-dealkylation sites (tertiary alicyclic amines) is 1. The molecule has 1 heterocycles. The van der Waals surface area contributed by atoms with Gasteiger partial charge in [0.2, 0.25) is 0 Å². The molecule has 5 heteroatoms. The molecule has 1 unspecified atom stereocenters. The van der Waals surface area contributed by atoms with Crippen molar-refractivity contribution in [2.24, 2.45) is 0 Å². The lowest BCUT2D eigenvalue weighted by Gasteiger charge is -2.15. The van der Waals surface area contributed by atoms with Gasteiger partial charge in [0, 0.05) is 28.1 Å². The van der Waals surface area contributed by atoms with Gasteiger partial charge in [0.25, 0.3) is 5.91 Å². The van der Waals surface area contributed by atoms with E-state index in [1.807, 2.05) is 0 Å². The summed E-state index contributed by atoms with van der Waals surface area (Å²) in [6, 6.07) is 5.21. The zero-order valence-electron chi connectivity index (χ0n) is 8.42. The van der Waals surface area contributed by atoms with Crippen LogP contribution in [0.4, 0.5) is 0 Å². The number of carbonyl (C=O) groups is 1. The molecule has 0 aromatic heterocycles. The third-order valence-electron chi connectivity index (χ3n) is 2.53. The highest BCUT2D eigenvalue weighted by atomic mass is 79.9. The Morgan fingerprint density at radius 2 is 2.19 bits per heavy atom. The summed E-state index contributed by atoms with van der Waals surface area (Å²) in [5.74, 6) is -0.00801. The molecule has 0 N–H and O–H groups in total. The monoisotopic (exact) mass is 321 g/mol. The third-order valence-corrected chi connectivity index (χ3v) is 3.56. The number of amides is 1. The van der Waals surface area contributed by atoms with Crippen molar-refractivity contribution >= 4 is 45.0 Å². The average Bonchev–Trinajstić information content (AvgIpc) is 2.62. The predicted molar refractivity (Wildman–Crippen MR) is 69.3 cm³/mol. The maximum absolute atomic E-state index is 12.1. The van der Waals surface area contributed by atoms with Crippen LogP contribution in [-0.4, -0.2) is 29.3 Å². The molecule has 2 nitrogen and oxygen atoms in total. The molecular weight excluding hydrogens is 313 g/mol. The van der Waals surface area contributed by atoms with E-state index in [9.17, 15) is 4.79 Å². The van der Waals surface area contributed by atoms with Gasteiger partial charge in [-0.05, 0) is 24.6 Å². The number of hydrogen-bond acceptors (Lipinski definition) is 1. The van der Waals surface area contributed by atoms with Gasteiger partial charge in [-0.2, -0.15) is 0 Å². The number of alkyl halides is 1. The van der Waals surface area contributed by atoms with E-state index in [2.05, 4.69) is 15.9 Å². The van der Waals surface area contributed by atoms with Gasteiger partial charge in [-0.1, -0.05) is 27.5 Å². The fourth-order valence-electron chi connectivity index (χ4n) is 1.76. The lowest BCUT2D eigenvalue weighted by Crippen LogP contribution is -2.28. The fraction of sp³-hybridized carbons (Fsp3) is 0.364. The minimum absolute atomic E-state index is 0.00801. The van der Waals surface area contributed by atoms with Crippen molar-refractivity contribution in [3.63, 3.8) is 0 Å². The number of halogens is 3.